The monoisotopic (exact) mass is 235 g/mol. The Morgan fingerprint density at radius 1 is 1.24 bits per heavy atom. The molecule has 0 atom stereocenters. The zero-order valence-electron chi connectivity index (χ0n) is 8.71. The van der Waals surface area contributed by atoms with Crippen LogP contribution in [0.1, 0.15) is 16.8 Å². The van der Waals surface area contributed by atoms with E-state index >= 15 is 0 Å². The van der Waals surface area contributed by atoms with E-state index in [-0.39, 0.29) is 35.7 Å². The highest BCUT2D eigenvalue weighted by atomic mass is 16.4. The Morgan fingerprint density at radius 3 is 2.47 bits per heavy atom. The lowest BCUT2D eigenvalue weighted by atomic mass is 10.2. The van der Waals surface area contributed by atoms with Crippen LogP contribution in [0.15, 0.2) is 18.2 Å². The van der Waals surface area contributed by atoms with Crippen LogP contribution in [-0.2, 0) is 9.59 Å². The molecule has 1 aliphatic heterocycles. The first-order chi connectivity index (χ1) is 7.97. The first kappa shape index (κ1) is 11.1. The molecule has 1 aromatic rings. The SMILES string of the molecule is O=C1CC(=O)N(c2cc(O)cc(C(=O)O)c2)C1. The highest BCUT2D eigenvalue weighted by Crippen LogP contribution is 2.26. The molecule has 1 aromatic carbocycles. The number of aromatic carboxylic acids is 1. The van der Waals surface area contributed by atoms with E-state index in [9.17, 15) is 19.5 Å². The minimum absolute atomic E-state index is 0.0820. The lowest BCUT2D eigenvalue weighted by molar-refractivity contribution is -0.121. The molecule has 1 heterocycles. The summed E-state index contributed by atoms with van der Waals surface area (Å²) in [6.45, 7) is -0.0820. The minimum atomic E-state index is -1.21. The van der Waals surface area contributed by atoms with Gasteiger partial charge in [-0.15, -0.1) is 0 Å². The number of carbonyl (C=O) groups excluding carboxylic acids is 2. The Labute approximate surface area is 96.1 Å². The maximum absolute atomic E-state index is 11.5. The molecule has 1 amide bonds. The molecule has 0 unspecified atom stereocenters. The van der Waals surface area contributed by atoms with Gasteiger partial charge in [0, 0.05) is 11.8 Å². The summed E-state index contributed by atoms with van der Waals surface area (Å²) >= 11 is 0. The Balaban J connectivity index is 2.42. The summed E-state index contributed by atoms with van der Waals surface area (Å²) in [4.78, 5) is 34.5. The minimum Gasteiger partial charge on any atom is -0.508 e. The van der Waals surface area contributed by atoms with Crippen molar-refractivity contribution < 1.29 is 24.6 Å². The molecule has 1 aliphatic rings. The first-order valence-corrected chi connectivity index (χ1v) is 4.87. The van der Waals surface area contributed by atoms with Crippen molar-refractivity contribution in [3.63, 3.8) is 0 Å². The molecular weight excluding hydrogens is 226 g/mol. The van der Waals surface area contributed by atoms with Crippen molar-refractivity contribution in [2.45, 2.75) is 6.42 Å². The van der Waals surface area contributed by atoms with Gasteiger partial charge in [0.15, 0.2) is 5.78 Å². The zero-order chi connectivity index (χ0) is 12.6. The third kappa shape index (κ3) is 2.10. The molecule has 6 heteroatoms. The Hall–Kier alpha value is -2.37. The highest BCUT2D eigenvalue weighted by Gasteiger charge is 2.29. The number of carboxylic acids is 1. The fourth-order valence-corrected chi connectivity index (χ4v) is 1.69. The number of hydrogen-bond acceptors (Lipinski definition) is 4. The van der Waals surface area contributed by atoms with Gasteiger partial charge in [0.25, 0.3) is 0 Å². The Kier molecular flexibility index (Phi) is 2.55. The van der Waals surface area contributed by atoms with Crippen molar-refractivity contribution >= 4 is 23.3 Å². The van der Waals surface area contributed by atoms with Crippen LogP contribution in [0.4, 0.5) is 5.69 Å². The molecule has 0 aromatic heterocycles. The number of hydrogen-bond donors (Lipinski definition) is 2. The highest BCUT2D eigenvalue weighted by molar-refractivity contribution is 6.15. The Morgan fingerprint density at radius 2 is 1.94 bits per heavy atom. The number of anilines is 1. The van der Waals surface area contributed by atoms with E-state index < -0.39 is 11.9 Å². The molecule has 0 saturated carbocycles. The van der Waals surface area contributed by atoms with E-state index in [0.29, 0.717) is 0 Å². The molecule has 17 heavy (non-hydrogen) atoms. The van der Waals surface area contributed by atoms with Crippen LogP contribution in [0.3, 0.4) is 0 Å². The smallest absolute Gasteiger partial charge is 0.335 e. The summed E-state index contributed by atoms with van der Waals surface area (Å²) in [7, 11) is 0. The zero-order valence-corrected chi connectivity index (χ0v) is 8.71. The lowest BCUT2D eigenvalue weighted by Gasteiger charge is -2.15. The van der Waals surface area contributed by atoms with Crippen LogP contribution < -0.4 is 4.90 Å². The number of aromatic hydroxyl groups is 1. The van der Waals surface area contributed by atoms with E-state index in [1.165, 1.54) is 12.1 Å². The summed E-state index contributed by atoms with van der Waals surface area (Å²) < 4.78 is 0. The molecule has 2 rings (SSSR count). The largest absolute Gasteiger partial charge is 0.508 e. The molecular formula is C11H9NO5. The second-order valence-electron chi connectivity index (χ2n) is 3.74. The number of carbonyl (C=O) groups is 3. The summed E-state index contributed by atoms with van der Waals surface area (Å²) in [6, 6.07) is 3.58. The van der Waals surface area contributed by atoms with Gasteiger partial charge in [-0.05, 0) is 12.1 Å². The number of phenols is 1. The molecule has 0 bridgehead atoms. The van der Waals surface area contributed by atoms with Crippen molar-refractivity contribution in [2.75, 3.05) is 11.4 Å². The maximum atomic E-state index is 11.5. The number of Topliss-reactive ketones (excluding diaryl/α,β-unsaturated/α-hetero) is 1. The van der Waals surface area contributed by atoms with Gasteiger partial charge < -0.3 is 15.1 Å². The topological polar surface area (TPSA) is 94.9 Å². The average Bonchev–Trinajstić information content (AvgIpc) is 2.57. The molecule has 1 fully saturated rings. The van der Waals surface area contributed by atoms with Gasteiger partial charge in [0.05, 0.1) is 18.5 Å². The summed E-state index contributed by atoms with van der Waals surface area (Å²) in [5.74, 6) is -2.08. The summed E-state index contributed by atoms with van der Waals surface area (Å²) in [6.07, 6.45) is -0.182. The molecule has 6 nitrogen and oxygen atoms in total. The number of benzene rings is 1. The predicted molar refractivity (Wildman–Crippen MR) is 57.0 cm³/mol. The van der Waals surface area contributed by atoms with Crippen molar-refractivity contribution in [1.29, 1.82) is 0 Å². The van der Waals surface area contributed by atoms with Crippen molar-refractivity contribution in [1.82, 2.24) is 0 Å². The summed E-state index contributed by atoms with van der Waals surface area (Å²) in [5, 5.41) is 18.2. The van der Waals surface area contributed by atoms with E-state index in [1.54, 1.807) is 0 Å². The second-order valence-corrected chi connectivity index (χ2v) is 3.74. The number of nitrogens with zero attached hydrogens (tertiary/aromatic N) is 1. The molecule has 0 spiro atoms. The molecule has 2 N–H and O–H groups in total. The van der Waals surface area contributed by atoms with Crippen molar-refractivity contribution in [3.05, 3.63) is 23.8 Å². The number of rotatable bonds is 2. The van der Waals surface area contributed by atoms with Gasteiger partial charge in [0.2, 0.25) is 5.91 Å². The van der Waals surface area contributed by atoms with Crippen LogP contribution in [0.2, 0.25) is 0 Å². The fourth-order valence-electron chi connectivity index (χ4n) is 1.69. The lowest BCUT2D eigenvalue weighted by Crippen LogP contribution is -2.24. The normalized spacial score (nSPS) is 15.4. The predicted octanol–water partition coefficient (Wildman–Crippen LogP) is 0.396. The molecule has 1 saturated heterocycles. The molecule has 0 radical (unpaired) electrons. The van der Waals surface area contributed by atoms with Gasteiger partial charge >= 0.3 is 5.97 Å². The maximum Gasteiger partial charge on any atom is 0.335 e. The van der Waals surface area contributed by atoms with Crippen LogP contribution in [0, 0.1) is 0 Å². The number of amides is 1. The van der Waals surface area contributed by atoms with Gasteiger partial charge in [-0.2, -0.15) is 0 Å². The van der Waals surface area contributed by atoms with Crippen molar-refractivity contribution in [2.24, 2.45) is 0 Å². The third-order valence-electron chi connectivity index (χ3n) is 2.45. The fraction of sp³-hybridized carbons (Fsp3) is 0.182. The van der Waals surface area contributed by atoms with Gasteiger partial charge in [-0.3, -0.25) is 9.59 Å². The Bertz CT molecular complexity index is 523. The van der Waals surface area contributed by atoms with E-state index in [0.717, 1.165) is 11.0 Å². The molecule has 88 valence electrons. The van der Waals surface area contributed by atoms with Crippen LogP contribution in [-0.4, -0.2) is 34.4 Å². The molecule has 0 aliphatic carbocycles. The van der Waals surface area contributed by atoms with Crippen molar-refractivity contribution in [3.8, 4) is 5.75 Å². The van der Waals surface area contributed by atoms with Gasteiger partial charge in [0.1, 0.15) is 5.75 Å². The summed E-state index contributed by atoms with van der Waals surface area (Å²) in [5.41, 5.74) is 0.0883. The van der Waals surface area contributed by atoms with E-state index in [2.05, 4.69) is 0 Å². The van der Waals surface area contributed by atoms with Crippen LogP contribution in [0.25, 0.3) is 0 Å². The number of phenolic OH excluding ortho intramolecular Hbond substituents is 1. The quantitative estimate of drug-likeness (QED) is 0.723. The first-order valence-electron chi connectivity index (χ1n) is 4.87. The standard InChI is InChI=1S/C11H9NO5/c13-8-2-6(11(16)17)1-7(3-8)12-5-9(14)4-10(12)15/h1-3,13H,4-5H2,(H,16,17). The van der Waals surface area contributed by atoms with E-state index in [4.69, 9.17) is 5.11 Å². The van der Waals surface area contributed by atoms with Crippen LogP contribution >= 0.6 is 0 Å². The number of ketones is 1. The van der Waals surface area contributed by atoms with E-state index in [1.807, 2.05) is 0 Å². The number of carboxylic acid groups (broad SMARTS) is 1. The van der Waals surface area contributed by atoms with Gasteiger partial charge in [-0.25, -0.2) is 4.79 Å². The van der Waals surface area contributed by atoms with Crippen LogP contribution in [0.5, 0.6) is 5.75 Å². The van der Waals surface area contributed by atoms with Gasteiger partial charge in [-0.1, -0.05) is 0 Å². The average molecular weight is 235 g/mol. The third-order valence-corrected chi connectivity index (χ3v) is 2.45. The second kappa shape index (κ2) is 3.89.